The molecule has 1 aromatic rings. The zero-order chi connectivity index (χ0) is 12.8. The maximum Gasteiger partial charge on any atom is 0.104 e. The molecule has 1 aromatic carbocycles. The van der Waals surface area contributed by atoms with Crippen molar-refractivity contribution < 1.29 is 0 Å². The Bertz CT molecular complexity index is 484. The second-order valence-electron chi connectivity index (χ2n) is 4.39. The van der Waals surface area contributed by atoms with Crippen LogP contribution in [0.2, 0.25) is 0 Å². The monoisotopic (exact) mass is 240 g/mol. The van der Waals surface area contributed by atoms with Crippen LogP contribution in [0.5, 0.6) is 0 Å². The van der Waals surface area contributed by atoms with Crippen LogP contribution in [0.1, 0.15) is 25.3 Å². The van der Waals surface area contributed by atoms with Crippen LogP contribution in [-0.4, -0.2) is 6.54 Å². The highest BCUT2D eigenvalue weighted by Crippen LogP contribution is 2.28. The van der Waals surface area contributed by atoms with E-state index in [0.717, 1.165) is 30.0 Å². The number of anilines is 1. The van der Waals surface area contributed by atoms with Gasteiger partial charge in [0.15, 0.2) is 0 Å². The van der Waals surface area contributed by atoms with E-state index >= 15 is 0 Å². The summed E-state index contributed by atoms with van der Waals surface area (Å²) in [6, 6.07) is 8.22. The van der Waals surface area contributed by atoms with Gasteiger partial charge in [0.25, 0.3) is 0 Å². The van der Waals surface area contributed by atoms with Crippen molar-refractivity contribution >= 4 is 11.3 Å². The van der Waals surface area contributed by atoms with Gasteiger partial charge < -0.3 is 10.6 Å². The highest BCUT2D eigenvalue weighted by Gasteiger charge is 2.11. The van der Waals surface area contributed by atoms with Crippen LogP contribution in [0, 0.1) is 0 Å². The molecule has 94 valence electrons. The summed E-state index contributed by atoms with van der Waals surface area (Å²) in [7, 11) is 0. The fraction of sp³-hybridized carbons (Fsp3) is 0.250. The minimum Gasteiger partial charge on any atom is -0.368 e. The van der Waals surface area contributed by atoms with Crippen LogP contribution >= 0.6 is 0 Å². The van der Waals surface area contributed by atoms with E-state index in [1.807, 2.05) is 12.1 Å². The molecule has 0 fully saturated rings. The molecule has 1 aliphatic rings. The summed E-state index contributed by atoms with van der Waals surface area (Å²) in [6.07, 6.45) is 8.76. The molecule has 2 heteroatoms. The van der Waals surface area contributed by atoms with Crippen molar-refractivity contribution in [3.05, 3.63) is 60.5 Å². The van der Waals surface area contributed by atoms with Crippen molar-refractivity contribution in [2.75, 3.05) is 11.9 Å². The molecular weight excluding hydrogens is 220 g/mol. The maximum absolute atomic E-state index is 4.09. The molecule has 0 saturated heterocycles. The molecule has 0 unspecified atom stereocenters. The topological polar surface area (TPSA) is 24.1 Å². The number of para-hydroxylation sites is 1. The number of hydrogen-bond acceptors (Lipinski definition) is 2. The van der Waals surface area contributed by atoms with E-state index in [9.17, 15) is 0 Å². The summed E-state index contributed by atoms with van der Waals surface area (Å²) in [5.41, 5.74) is 3.33. The number of unbranched alkanes of at least 4 members (excludes halogenated alkanes) is 1. The highest BCUT2D eigenvalue weighted by atomic mass is 15.1. The lowest BCUT2D eigenvalue weighted by Crippen LogP contribution is -2.22. The minimum absolute atomic E-state index is 0.842. The van der Waals surface area contributed by atoms with E-state index in [0.29, 0.717) is 0 Å². The SMILES string of the molecule is C=C1C=C(NC/C=C/CCC)Nc2ccccc21. The number of benzene rings is 1. The Hall–Kier alpha value is -1.96. The summed E-state index contributed by atoms with van der Waals surface area (Å²) in [6.45, 7) is 7.12. The largest absolute Gasteiger partial charge is 0.368 e. The zero-order valence-electron chi connectivity index (χ0n) is 10.9. The first-order valence-corrected chi connectivity index (χ1v) is 6.47. The van der Waals surface area contributed by atoms with Crippen molar-refractivity contribution in [3.63, 3.8) is 0 Å². The summed E-state index contributed by atoms with van der Waals surface area (Å²) in [5.74, 6) is 1.01. The number of allylic oxidation sites excluding steroid dienone is 3. The highest BCUT2D eigenvalue weighted by molar-refractivity contribution is 5.85. The molecule has 0 saturated carbocycles. The molecule has 2 N–H and O–H groups in total. The second-order valence-corrected chi connectivity index (χ2v) is 4.39. The third-order valence-corrected chi connectivity index (χ3v) is 2.89. The average Bonchev–Trinajstić information content (AvgIpc) is 2.39. The molecule has 0 aromatic heterocycles. The zero-order valence-corrected chi connectivity index (χ0v) is 10.9. The van der Waals surface area contributed by atoms with Crippen LogP contribution < -0.4 is 10.6 Å². The first kappa shape index (κ1) is 12.5. The van der Waals surface area contributed by atoms with Crippen molar-refractivity contribution in [1.29, 1.82) is 0 Å². The van der Waals surface area contributed by atoms with Crippen molar-refractivity contribution in [3.8, 4) is 0 Å². The van der Waals surface area contributed by atoms with Crippen molar-refractivity contribution in [2.24, 2.45) is 0 Å². The van der Waals surface area contributed by atoms with Gasteiger partial charge in [0.1, 0.15) is 5.82 Å². The molecule has 0 atom stereocenters. The number of fused-ring (bicyclic) bond motifs is 1. The van der Waals surface area contributed by atoms with Gasteiger partial charge in [-0.05, 0) is 24.1 Å². The Morgan fingerprint density at radius 2 is 2.11 bits per heavy atom. The molecular formula is C16H20N2. The average molecular weight is 240 g/mol. The van der Waals surface area contributed by atoms with Crippen molar-refractivity contribution in [1.82, 2.24) is 5.32 Å². The van der Waals surface area contributed by atoms with E-state index in [4.69, 9.17) is 0 Å². The molecule has 0 amide bonds. The van der Waals surface area contributed by atoms with E-state index in [-0.39, 0.29) is 0 Å². The molecule has 0 bridgehead atoms. The van der Waals surface area contributed by atoms with Crippen molar-refractivity contribution in [2.45, 2.75) is 19.8 Å². The molecule has 1 heterocycles. The Balaban J connectivity index is 1.95. The van der Waals surface area contributed by atoms with Gasteiger partial charge in [-0.3, -0.25) is 0 Å². The first-order valence-electron chi connectivity index (χ1n) is 6.47. The Kier molecular flexibility index (Phi) is 4.24. The van der Waals surface area contributed by atoms with Crippen LogP contribution in [0.15, 0.2) is 54.9 Å². The molecule has 1 aliphatic heterocycles. The minimum atomic E-state index is 0.842. The predicted octanol–water partition coefficient (Wildman–Crippen LogP) is 3.91. The summed E-state index contributed by atoms with van der Waals surface area (Å²) < 4.78 is 0. The smallest absolute Gasteiger partial charge is 0.104 e. The predicted molar refractivity (Wildman–Crippen MR) is 79.2 cm³/mol. The lowest BCUT2D eigenvalue weighted by atomic mass is 10.0. The third kappa shape index (κ3) is 3.04. The van der Waals surface area contributed by atoms with Crippen LogP contribution in [0.25, 0.3) is 5.57 Å². The van der Waals surface area contributed by atoms with E-state index in [2.05, 4.69) is 54.5 Å². The molecule has 18 heavy (non-hydrogen) atoms. The van der Waals surface area contributed by atoms with Gasteiger partial charge in [0.05, 0.1) is 0 Å². The molecule has 0 radical (unpaired) electrons. The second kappa shape index (κ2) is 6.10. The molecule has 0 spiro atoms. The lowest BCUT2D eigenvalue weighted by molar-refractivity contribution is 0.894. The van der Waals surface area contributed by atoms with Gasteiger partial charge in [0, 0.05) is 17.8 Å². The van der Waals surface area contributed by atoms with Gasteiger partial charge in [-0.2, -0.15) is 0 Å². The van der Waals surface area contributed by atoms with Gasteiger partial charge >= 0.3 is 0 Å². The first-order chi connectivity index (χ1) is 8.81. The van der Waals surface area contributed by atoms with Gasteiger partial charge in [-0.25, -0.2) is 0 Å². The summed E-state index contributed by atoms with van der Waals surface area (Å²) >= 11 is 0. The quantitative estimate of drug-likeness (QED) is 0.762. The van der Waals surface area contributed by atoms with Crippen LogP contribution in [0.3, 0.4) is 0 Å². The van der Waals surface area contributed by atoms with E-state index in [1.165, 1.54) is 12.0 Å². The number of nitrogens with one attached hydrogen (secondary N) is 2. The lowest BCUT2D eigenvalue weighted by Gasteiger charge is -2.21. The van der Waals surface area contributed by atoms with E-state index < -0.39 is 0 Å². The van der Waals surface area contributed by atoms with Crippen LogP contribution in [-0.2, 0) is 0 Å². The number of hydrogen-bond donors (Lipinski definition) is 2. The van der Waals surface area contributed by atoms with E-state index in [1.54, 1.807) is 0 Å². The Labute approximate surface area is 109 Å². The Morgan fingerprint density at radius 3 is 2.94 bits per heavy atom. The normalized spacial score (nSPS) is 14.1. The Morgan fingerprint density at radius 1 is 1.28 bits per heavy atom. The van der Waals surface area contributed by atoms with Gasteiger partial charge in [-0.15, -0.1) is 0 Å². The third-order valence-electron chi connectivity index (χ3n) is 2.89. The van der Waals surface area contributed by atoms with Gasteiger partial charge in [-0.1, -0.05) is 50.3 Å². The fourth-order valence-electron chi connectivity index (χ4n) is 1.94. The molecule has 2 rings (SSSR count). The summed E-state index contributed by atoms with van der Waals surface area (Å²) in [5, 5.41) is 6.73. The standard InChI is InChI=1S/C16H20N2/c1-3-4-5-8-11-17-16-12-13(2)14-9-6-7-10-15(14)18-16/h5-10,12,17-18H,2-4,11H2,1H3/b8-5+. The molecule has 2 nitrogen and oxygen atoms in total. The van der Waals surface area contributed by atoms with Gasteiger partial charge in [0.2, 0.25) is 0 Å². The summed E-state index contributed by atoms with van der Waals surface area (Å²) in [4.78, 5) is 0. The maximum atomic E-state index is 4.09. The number of rotatable bonds is 5. The molecule has 0 aliphatic carbocycles. The fourth-order valence-corrected chi connectivity index (χ4v) is 1.94. The van der Waals surface area contributed by atoms with Crippen LogP contribution in [0.4, 0.5) is 5.69 Å².